The van der Waals surface area contributed by atoms with Crippen molar-refractivity contribution in [3.05, 3.63) is 36.8 Å². The second kappa shape index (κ2) is 12.3. The molecule has 21 heavy (non-hydrogen) atoms. The molecule has 0 heterocycles. The van der Waals surface area contributed by atoms with Gasteiger partial charge in [0.2, 0.25) is 0 Å². The van der Waals surface area contributed by atoms with Crippen molar-refractivity contribution in [1.82, 2.24) is 0 Å². The monoisotopic (exact) mass is 285 g/mol. The predicted octanol–water partition coefficient (Wildman–Crippen LogP) is 6.13. The average Bonchev–Trinajstić information content (AvgIpc) is 2.50. The fourth-order valence-corrected chi connectivity index (χ4v) is 2.23. The van der Waals surface area contributed by atoms with Gasteiger partial charge in [-0.2, -0.15) is 0 Å². The van der Waals surface area contributed by atoms with Gasteiger partial charge in [0, 0.05) is 6.42 Å². The van der Waals surface area contributed by atoms with Crippen molar-refractivity contribution < 1.29 is 4.74 Å². The van der Waals surface area contributed by atoms with Crippen LogP contribution in [0.3, 0.4) is 0 Å². The molecule has 0 fully saturated rings. The summed E-state index contributed by atoms with van der Waals surface area (Å²) in [6.45, 7) is 6.10. The normalized spacial score (nSPS) is 10.0. The lowest BCUT2D eigenvalue weighted by molar-refractivity contribution is 0.517. The minimum Gasteiger partial charge on any atom is -0.408 e. The van der Waals surface area contributed by atoms with Gasteiger partial charge in [-0.3, -0.25) is 0 Å². The minimum absolute atomic E-state index is 0.793. The maximum atomic E-state index is 5.35. The third kappa shape index (κ3) is 10.0. The molecule has 0 saturated heterocycles. The van der Waals surface area contributed by atoms with Crippen molar-refractivity contribution in [2.45, 2.75) is 71.1 Å². The Bertz CT molecular complexity index is 408. The van der Waals surface area contributed by atoms with Crippen LogP contribution >= 0.6 is 0 Å². The molecule has 0 bridgehead atoms. The SMILES string of the molecule is [CH2]c1ccc(OC#CCCCCCCCCCCC)cc1. The summed E-state index contributed by atoms with van der Waals surface area (Å²) in [7, 11) is 0. The highest BCUT2D eigenvalue weighted by atomic mass is 16.5. The summed E-state index contributed by atoms with van der Waals surface area (Å²) in [6.07, 6.45) is 15.9. The smallest absolute Gasteiger partial charge is 0.140 e. The van der Waals surface area contributed by atoms with E-state index >= 15 is 0 Å². The standard InChI is InChI=1S/C20H29O/c1-3-4-5-6-7-8-9-10-11-12-13-18-21-20-16-14-19(2)15-17-20/h14-17H,2-12H2,1H3. The lowest BCUT2D eigenvalue weighted by Crippen LogP contribution is -1.83. The predicted molar refractivity (Wildman–Crippen MR) is 91.1 cm³/mol. The van der Waals surface area contributed by atoms with Gasteiger partial charge in [-0.15, -0.1) is 0 Å². The van der Waals surface area contributed by atoms with Crippen LogP contribution in [0.2, 0.25) is 0 Å². The van der Waals surface area contributed by atoms with Gasteiger partial charge < -0.3 is 4.74 Å². The molecular weight excluding hydrogens is 256 g/mol. The van der Waals surface area contributed by atoms with Gasteiger partial charge in [-0.25, -0.2) is 0 Å². The average molecular weight is 285 g/mol. The summed E-state index contributed by atoms with van der Waals surface area (Å²) in [5, 5.41) is 0. The molecule has 0 aromatic heterocycles. The Morgan fingerprint density at radius 2 is 1.43 bits per heavy atom. The molecule has 1 rings (SSSR count). The summed E-state index contributed by atoms with van der Waals surface area (Å²) in [5.41, 5.74) is 0.991. The molecule has 1 heteroatoms. The van der Waals surface area contributed by atoms with E-state index in [1.54, 1.807) is 0 Å². The van der Waals surface area contributed by atoms with E-state index < -0.39 is 0 Å². The molecule has 0 aliphatic carbocycles. The quantitative estimate of drug-likeness (QED) is 0.371. The van der Waals surface area contributed by atoms with Gasteiger partial charge in [0.25, 0.3) is 0 Å². The first-order valence-corrected chi connectivity index (χ1v) is 8.39. The third-order valence-electron chi connectivity index (χ3n) is 3.57. The van der Waals surface area contributed by atoms with E-state index in [-0.39, 0.29) is 0 Å². The van der Waals surface area contributed by atoms with E-state index in [1.165, 1.54) is 57.8 Å². The first kappa shape index (κ1) is 17.6. The Morgan fingerprint density at radius 3 is 2.05 bits per heavy atom. The fraction of sp³-hybridized carbons (Fsp3) is 0.550. The number of ether oxygens (including phenoxy) is 1. The van der Waals surface area contributed by atoms with E-state index in [0.29, 0.717) is 0 Å². The number of unbranched alkanes of at least 4 members (excludes halogenated alkanes) is 9. The molecule has 0 amide bonds. The van der Waals surface area contributed by atoms with E-state index in [2.05, 4.69) is 25.9 Å². The highest BCUT2D eigenvalue weighted by Crippen LogP contribution is 2.11. The van der Waals surface area contributed by atoms with Gasteiger partial charge in [0.05, 0.1) is 0 Å². The first-order chi connectivity index (χ1) is 10.3. The van der Waals surface area contributed by atoms with Gasteiger partial charge in [-0.05, 0) is 31.0 Å². The van der Waals surface area contributed by atoms with Crippen LogP contribution in [0.15, 0.2) is 24.3 Å². The van der Waals surface area contributed by atoms with Crippen molar-refractivity contribution in [2.24, 2.45) is 0 Å². The van der Waals surface area contributed by atoms with Gasteiger partial charge in [0.1, 0.15) is 11.9 Å². The maximum absolute atomic E-state index is 5.35. The number of rotatable bonds is 10. The Hall–Kier alpha value is -1.42. The summed E-state index contributed by atoms with van der Waals surface area (Å²) in [6, 6.07) is 7.65. The Labute approximate surface area is 131 Å². The van der Waals surface area contributed by atoms with Crippen molar-refractivity contribution in [3.8, 4) is 17.8 Å². The Balaban J connectivity index is 1.92. The fourth-order valence-electron chi connectivity index (χ4n) is 2.23. The molecule has 0 spiro atoms. The second-order valence-corrected chi connectivity index (χ2v) is 5.60. The Kier molecular flexibility index (Phi) is 10.4. The lowest BCUT2D eigenvalue weighted by Gasteiger charge is -2.00. The molecule has 1 nitrogen and oxygen atoms in total. The van der Waals surface area contributed by atoms with Crippen LogP contribution in [0.1, 0.15) is 76.7 Å². The third-order valence-corrected chi connectivity index (χ3v) is 3.57. The minimum atomic E-state index is 0.793. The molecule has 1 aromatic rings. The van der Waals surface area contributed by atoms with E-state index in [4.69, 9.17) is 4.74 Å². The zero-order valence-electron chi connectivity index (χ0n) is 13.5. The van der Waals surface area contributed by atoms with Gasteiger partial charge >= 0.3 is 0 Å². The molecule has 0 atom stereocenters. The van der Waals surface area contributed by atoms with E-state index in [1.807, 2.05) is 24.3 Å². The van der Waals surface area contributed by atoms with Gasteiger partial charge in [0.15, 0.2) is 0 Å². The van der Waals surface area contributed by atoms with Crippen LogP contribution in [0.5, 0.6) is 5.75 Å². The van der Waals surface area contributed by atoms with E-state index in [0.717, 1.165) is 17.7 Å². The highest BCUT2D eigenvalue weighted by Gasteiger charge is 1.92. The van der Waals surface area contributed by atoms with Crippen LogP contribution in [0.25, 0.3) is 0 Å². The molecule has 1 radical (unpaired) electrons. The number of hydrogen-bond acceptors (Lipinski definition) is 1. The van der Waals surface area contributed by atoms with Crippen molar-refractivity contribution in [1.29, 1.82) is 0 Å². The molecule has 0 aliphatic rings. The molecule has 115 valence electrons. The maximum Gasteiger partial charge on any atom is 0.140 e. The molecule has 1 aromatic carbocycles. The van der Waals surface area contributed by atoms with E-state index in [9.17, 15) is 0 Å². The first-order valence-electron chi connectivity index (χ1n) is 8.39. The van der Waals surface area contributed by atoms with Crippen LogP contribution < -0.4 is 4.74 Å². The largest absolute Gasteiger partial charge is 0.408 e. The highest BCUT2D eigenvalue weighted by molar-refractivity contribution is 5.29. The van der Waals surface area contributed by atoms with Crippen molar-refractivity contribution >= 4 is 0 Å². The van der Waals surface area contributed by atoms with Crippen LogP contribution in [0, 0.1) is 19.0 Å². The van der Waals surface area contributed by atoms with Crippen molar-refractivity contribution in [3.63, 3.8) is 0 Å². The molecular formula is C20H29O. The zero-order valence-corrected chi connectivity index (χ0v) is 13.5. The summed E-state index contributed by atoms with van der Waals surface area (Å²) in [4.78, 5) is 0. The summed E-state index contributed by atoms with van der Waals surface area (Å²) < 4.78 is 5.35. The molecule has 0 aliphatic heterocycles. The second-order valence-electron chi connectivity index (χ2n) is 5.60. The van der Waals surface area contributed by atoms with Crippen LogP contribution in [0.4, 0.5) is 0 Å². The van der Waals surface area contributed by atoms with Crippen molar-refractivity contribution in [2.75, 3.05) is 0 Å². The van der Waals surface area contributed by atoms with Crippen LogP contribution in [-0.4, -0.2) is 0 Å². The Morgan fingerprint density at radius 1 is 0.857 bits per heavy atom. The zero-order chi connectivity index (χ0) is 15.2. The number of hydrogen-bond donors (Lipinski definition) is 0. The summed E-state index contributed by atoms with van der Waals surface area (Å²) in [5.74, 6) is 3.87. The molecule has 0 saturated carbocycles. The lowest BCUT2D eigenvalue weighted by atomic mass is 10.1. The molecule has 0 N–H and O–H groups in total. The van der Waals surface area contributed by atoms with Crippen LogP contribution in [-0.2, 0) is 0 Å². The van der Waals surface area contributed by atoms with Gasteiger partial charge in [-0.1, -0.05) is 76.3 Å². The summed E-state index contributed by atoms with van der Waals surface area (Å²) >= 11 is 0. The number of benzene rings is 1. The molecule has 0 unspecified atom stereocenters. The topological polar surface area (TPSA) is 9.23 Å².